The van der Waals surface area contributed by atoms with Crippen LogP contribution in [0.2, 0.25) is 0 Å². The summed E-state index contributed by atoms with van der Waals surface area (Å²) in [6.07, 6.45) is 3.17. The number of amides is 1. The predicted octanol–water partition coefficient (Wildman–Crippen LogP) is 0.566. The first-order chi connectivity index (χ1) is 6.13. The van der Waals surface area contributed by atoms with Crippen molar-refractivity contribution in [2.24, 2.45) is 11.7 Å². The molecule has 4 heteroatoms. The molecule has 2 N–H and O–H groups in total. The van der Waals surface area contributed by atoms with E-state index >= 15 is 0 Å². The average Bonchev–Trinajstić information content (AvgIpc) is 2.75. The minimum Gasteiger partial charge on any atom is -0.453 e. The Bertz CT molecular complexity index is 220. The van der Waals surface area contributed by atoms with Crippen molar-refractivity contribution in [3.8, 4) is 0 Å². The van der Waals surface area contributed by atoms with E-state index in [-0.39, 0.29) is 11.6 Å². The van der Waals surface area contributed by atoms with Crippen LogP contribution < -0.4 is 5.73 Å². The molecule has 2 rings (SSSR count). The lowest BCUT2D eigenvalue weighted by Crippen LogP contribution is -2.51. The normalized spacial score (nSPS) is 25.2. The number of carbonyl (C=O) groups is 1. The van der Waals surface area contributed by atoms with Crippen LogP contribution in [0.5, 0.6) is 0 Å². The van der Waals surface area contributed by atoms with Crippen molar-refractivity contribution in [1.82, 2.24) is 4.90 Å². The maximum Gasteiger partial charge on any atom is 0.409 e. The van der Waals surface area contributed by atoms with Crippen molar-refractivity contribution in [2.45, 2.75) is 24.8 Å². The Morgan fingerprint density at radius 2 is 2.23 bits per heavy atom. The molecule has 1 saturated carbocycles. The number of hydrogen-bond acceptors (Lipinski definition) is 3. The summed E-state index contributed by atoms with van der Waals surface area (Å²) in [5, 5.41) is 0. The molecule has 0 aromatic rings. The minimum absolute atomic E-state index is 0.118. The predicted molar refractivity (Wildman–Crippen MR) is 48.2 cm³/mol. The molecule has 0 spiro atoms. The first-order valence-corrected chi connectivity index (χ1v) is 4.75. The average molecular weight is 184 g/mol. The number of nitrogens with zero attached hydrogens (tertiary/aromatic N) is 1. The van der Waals surface area contributed by atoms with Crippen LogP contribution in [-0.2, 0) is 4.74 Å². The monoisotopic (exact) mass is 184 g/mol. The summed E-state index contributed by atoms with van der Waals surface area (Å²) in [5.41, 5.74) is 6.09. The Morgan fingerprint density at radius 1 is 1.62 bits per heavy atom. The third-order valence-electron chi connectivity index (χ3n) is 2.98. The fourth-order valence-corrected chi connectivity index (χ4v) is 1.92. The van der Waals surface area contributed by atoms with E-state index in [0.717, 1.165) is 32.4 Å². The summed E-state index contributed by atoms with van der Waals surface area (Å²) in [4.78, 5) is 12.7. The maximum atomic E-state index is 11.0. The van der Waals surface area contributed by atoms with Crippen molar-refractivity contribution in [1.29, 1.82) is 0 Å². The number of hydrogen-bond donors (Lipinski definition) is 1. The Labute approximate surface area is 78.0 Å². The zero-order valence-electron chi connectivity index (χ0n) is 7.95. The van der Waals surface area contributed by atoms with Gasteiger partial charge in [-0.1, -0.05) is 0 Å². The number of carbonyl (C=O) groups excluding carboxylic acids is 1. The van der Waals surface area contributed by atoms with E-state index < -0.39 is 0 Å². The quantitative estimate of drug-likeness (QED) is 0.682. The molecule has 0 bridgehead atoms. The smallest absolute Gasteiger partial charge is 0.409 e. The van der Waals surface area contributed by atoms with Gasteiger partial charge in [0.25, 0.3) is 0 Å². The highest BCUT2D eigenvalue weighted by Crippen LogP contribution is 2.40. The minimum atomic E-state index is -0.210. The Kier molecular flexibility index (Phi) is 1.95. The molecular weight excluding hydrogens is 168 g/mol. The van der Waals surface area contributed by atoms with E-state index in [9.17, 15) is 4.79 Å². The van der Waals surface area contributed by atoms with E-state index in [0.29, 0.717) is 5.92 Å². The number of nitrogens with two attached hydrogens (primary N) is 1. The van der Waals surface area contributed by atoms with E-state index in [1.54, 1.807) is 4.90 Å². The molecule has 0 unspecified atom stereocenters. The fourth-order valence-electron chi connectivity index (χ4n) is 1.92. The highest BCUT2D eigenvalue weighted by Gasteiger charge is 2.43. The molecule has 0 radical (unpaired) electrons. The number of methoxy groups -OCH3 is 1. The lowest BCUT2D eigenvalue weighted by molar-refractivity contribution is 0.0612. The SMILES string of the molecule is COC(=O)N1CC(CC2(N)CC2)C1. The van der Waals surface area contributed by atoms with Gasteiger partial charge >= 0.3 is 6.09 Å². The molecule has 0 atom stereocenters. The van der Waals surface area contributed by atoms with Crippen LogP contribution in [0.1, 0.15) is 19.3 Å². The lowest BCUT2D eigenvalue weighted by Gasteiger charge is -2.39. The summed E-state index contributed by atoms with van der Waals surface area (Å²) in [5.74, 6) is 0.603. The molecule has 2 fully saturated rings. The van der Waals surface area contributed by atoms with E-state index in [1.165, 1.54) is 7.11 Å². The Balaban J connectivity index is 1.69. The molecule has 1 aliphatic heterocycles. The molecule has 2 aliphatic rings. The van der Waals surface area contributed by atoms with Gasteiger partial charge < -0.3 is 15.4 Å². The molecular formula is C9H16N2O2. The van der Waals surface area contributed by atoms with Gasteiger partial charge in [0.1, 0.15) is 0 Å². The van der Waals surface area contributed by atoms with E-state index in [1.807, 2.05) is 0 Å². The van der Waals surface area contributed by atoms with Gasteiger partial charge in [0, 0.05) is 18.6 Å². The van der Waals surface area contributed by atoms with Gasteiger partial charge in [0.15, 0.2) is 0 Å². The molecule has 0 aromatic heterocycles. The molecule has 1 amide bonds. The van der Waals surface area contributed by atoms with Gasteiger partial charge in [-0.25, -0.2) is 4.79 Å². The van der Waals surface area contributed by atoms with Crippen LogP contribution in [0.3, 0.4) is 0 Å². The fraction of sp³-hybridized carbons (Fsp3) is 0.889. The molecule has 0 aromatic carbocycles. The zero-order valence-corrected chi connectivity index (χ0v) is 7.95. The van der Waals surface area contributed by atoms with Crippen molar-refractivity contribution in [2.75, 3.05) is 20.2 Å². The van der Waals surface area contributed by atoms with E-state index in [2.05, 4.69) is 4.74 Å². The molecule has 13 heavy (non-hydrogen) atoms. The second kappa shape index (κ2) is 2.87. The zero-order chi connectivity index (χ0) is 9.47. The van der Waals surface area contributed by atoms with Crippen molar-refractivity contribution >= 4 is 6.09 Å². The number of rotatable bonds is 2. The topological polar surface area (TPSA) is 55.6 Å². The van der Waals surface area contributed by atoms with Crippen molar-refractivity contribution in [3.05, 3.63) is 0 Å². The van der Waals surface area contributed by atoms with Crippen molar-refractivity contribution in [3.63, 3.8) is 0 Å². The Morgan fingerprint density at radius 3 is 2.69 bits per heavy atom. The standard InChI is InChI=1S/C9H16N2O2/c1-13-8(12)11-5-7(6-11)4-9(10)2-3-9/h7H,2-6,10H2,1H3. The largest absolute Gasteiger partial charge is 0.453 e. The van der Waals surface area contributed by atoms with Gasteiger partial charge in [-0.05, 0) is 25.2 Å². The summed E-state index contributed by atoms with van der Waals surface area (Å²) in [6, 6.07) is 0. The molecule has 1 aliphatic carbocycles. The van der Waals surface area contributed by atoms with Crippen LogP contribution in [0.4, 0.5) is 4.79 Å². The summed E-state index contributed by atoms with van der Waals surface area (Å²) in [6.45, 7) is 1.65. The third kappa shape index (κ3) is 1.77. The first-order valence-electron chi connectivity index (χ1n) is 4.75. The van der Waals surface area contributed by atoms with Crippen LogP contribution in [0.25, 0.3) is 0 Å². The van der Waals surface area contributed by atoms with Crippen molar-refractivity contribution < 1.29 is 9.53 Å². The van der Waals surface area contributed by atoms with Gasteiger partial charge in [0.05, 0.1) is 7.11 Å². The van der Waals surface area contributed by atoms with E-state index in [4.69, 9.17) is 5.73 Å². The maximum absolute atomic E-state index is 11.0. The van der Waals surface area contributed by atoms with Gasteiger partial charge in [-0.15, -0.1) is 0 Å². The van der Waals surface area contributed by atoms with Gasteiger partial charge in [0.2, 0.25) is 0 Å². The molecule has 1 saturated heterocycles. The van der Waals surface area contributed by atoms with Crippen LogP contribution in [0, 0.1) is 5.92 Å². The molecule has 1 heterocycles. The Hall–Kier alpha value is -0.770. The highest BCUT2D eigenvalue weighted by atomic mass is 16.5. The summed E-state index contributed by atoms with van der Waals surface area (Å²) < 4.78 is 4.60. The van der Waals surface area contributed by atoms with Gasteiger partial charge in [-0.3, -0.25) is 0 Å². The van der Waals surface area contributed by atoms with Crippen LogP contribution in [0.15, 0.2) is 0 Å². The number of ether oxygens (including phenoxy) is 1. The van der Waals surface area contributed by atoms with Crippen LogP contribution >= 0.6 is 0 Å². The lowest BCUT2D eigenvalue weighted by atomic mass is 9.92. The summed E-state index contributed by atoms with van der Waals surface area (Å²) >= 11 is 0. The van der Waals surface area contributed by atoms with Crippen LogP contribution in [-0.4, -0.2) is 36.7 Å². The highest BCUT2D eigenvalue weighted by molar-refractivity contribution is 5.68. The first kappa shape index (κ1) is 8.81. The molecule has 4 nitrogen and oxygen atoms in total. The molecule has 74 valence electrons. The summed E-state index contributed by atoms with van der Waals surface area (Å²) in [7, 11) is 1.42. The van der Waals surface area contributed by atoms with Gasteiger partial charge in [-0.2, -0.15) is 0 Å². The second-order valence-electron chi connectivity index (χ2n) is 4.31. The second-order valence-corrected chi connectivity index (χ2v) is 4.31. The third-order valence-corrected chi connectivity index (χ3v) is 2.98. The number of likely N-dealkylation sites (tertiary alicyclic amines) is 1.